The minimum absolute atomic E-state index is 0.358. The molecule has 2 aromatic heterocycles. The number of fused-ring (bicyclic) bond motifs is 4. The summed E-state index contributed by atoms with van der Waals surface area (Å²) in [5.41, 5.74) is 8.30. The second kappa shape index (κ2) is 27.4. The Bertz CT molecular complexity index is 2480. The van der Waals surface area contributed by atoms with E-state index in [0.29, 0.717) is 55.5 Å². The van der Waals surface area contributed by atoms with E-state index in [4.69, 9.17) is 28.4 Å². The van der Waals surface area contributed by atoms with Crippen LogP contribution in [0.3, 0.4) is 0 Å². The number of benzene rings is 5. The third-order valence-electron chi connectivity index (χ3n) is 11.0. The van der Waals surface area contributed by atoms with Gasteiger partial charge in [-0.05, 0) is 100 Å². The predicted molar refractivity (Wildman–Crippen MR) is 285 cm³/mol. The van der Waals surface area contributed by atoms with Crippen molar-refractivity contribution in [2.75, 3.05) is 33.2 Å². The van der Waals surface area contributed by atoms with E-state index < -0.39 is 0 Å². The van der Waals surface area contributed by atoms with Gasteiger partial charge < -0.3 is 28.4 Å². The van der Waals surface area contributed by atoms with E-state index in [1.807, 2.05) is 48.1 Å². The van der Waals surface area contributed by atoms with Crippen molar-refractivity contribution in [2.24, 2.45) is 0 Å². The fourth-order valence-electron chi connectivity index (χ4n) is 6.72. The lowest BCUT2D eigenvalue weighted by Crippen LogP contribution is -2.15. The van der Waals surface area contributed by atoms with E-state index in [0.717, 1.165) is 59.6 Å². The molecule has 0 amide bonds. The van der Waals surface area contributed by atoms with Crippen LogP contribution in [0.5, 0.6) is 34.5 Å². The van der Waals surface area contributed by atoms with Crippen LogP contribution in [0.4, 0.5) is 0 Å². The molecule has 8 nitrogen and oxygen atoms in total. The Labute approximate surface area is 415 Å². The standard InChI is InChI=1S/C12H16O2.C11H14O2.C10H11NS.C10H12O2.C9H12.C6H9NS/c1-9(2)10-4-5-11-12(8-10)14-7-3-6-13-11;1-8(2)9-3-4-10-11(7-9)13-6-5-12-10;1-7(2)10-11-8-5-3-4-6-9(8)12-10;1-7(2)8-3-4-9-10(5-8)12-6-11-9;1-8(2)9-6-4-3-5-7-9;1-5(2)6-3-7-4-8-6/h4-5,8-9H,3,6-7H2,1-2H3;3-4,7-8H,5-6H2,1-2H3;3-7H,1-2H3;3-5,7H,6H2,1-2H3;3-8H,1-2H3;3-5H,1-2H3. The number of hydrogen-bond acceptors (Lipinski definition) is 10. The van der Waals surface area contributed by atoms with Gasteiger partial charge in [0.2, 0.25) is 6.79 Å². The number of aromatic nitrogens is 2. The average molecular weight is 959 g/mol. The summed E-state index contributed by atoms with van der Waals surface area (Å²) in [4.78, 5) is 9.86. The van der Waals surface area contributed by atoms with Crippen molar-refractivity contribution in [1.29, 1.82) is 0 Å². The molecule has 68 heavy (non-hydrogen) atoms. The molecular formula is C58H74N2O6S2. The van der Waals surface area contributed by atoms with Crippen LogP contribution in [0.2, 0.25) is 0 Å². The van der Waals surface area contributed by atoms with Crippen molar-refractivity contribution >= 4 is 32.9 Å². The first kappa shape index (κ1) is 53.4. The fraction of sp³-hybridized carbons (Fsp3) is 0.414. The Kier molecular flexibility index (Phi) is 21.5. The fourth-order valence-corrected chi connectivity index (χ4v) is 8.32. The maximum absolute atomic E-state index is 5.61. The number of hydrogen-bond donors (Lipinski definition) is 0. The second-order valence-electron chi connectivity index (χ2n) is 18.5. The second-order valence-corrected chi connectivity index (χ2v) is 20.5. The minimum Gasteiger partial charge on any atom is -0.490 e. The third-order valence-corrected chi connectivity index (χ3v) is 13.4. The molecule has 0 radical (unpaired) electrons. The monoisotopic (exact) mass is 958 g/mol. The first-order chi connectivity index (χ1) is 32.7. The van der Waals surface area contributed by atoms with Crippen LogP contribution in [0.1, 0.15) is 157 Å². The molecule has 5 aromatic carbocycles. The van der Waals surface area contributed by atoms with Crippen LogP contribution in [0.25, 0.3) is 10.2 Å². The molecule has 10 rings (SSSR count). The summed E-state index contributed by atoms with van der Waals surface area (Å²) in [6.07, 6.45) is 2.89. The zero-order chi connectivity index (χ0) is 49.0. The molecule has 0 spiro atoms. The van der Waals surface area contributed by atoms with Gasteiger partial charge in [-0.2, -0.15) is 0 Å². The van der Waals surface area contributed by atoms with Gasteiger partial charge in [0, 0.05) is 23.4 Å². The zero-order valence-electron chi connectivity index (χ0n) is 42.4. The Morgan fingerprint density at radius 3 is 1.34 bits per heavy atom. The molecule has 0 fully saturated rings. The number of rotatable bonds is 6. The number of para-hydroxylation sites is 1. The van der Waals surface area contributed by atoms with Gasteiger partial charge in [-0.15, -0.1) is 22.7 Å². The molecule has 0 unspecified atom stereocenters. The van der Waals surface area contributed by atoms with Crippen molar-refractivity contribution in [3.05, 3.63) is 153 Å². The van der Waals surface area contributed by atoms with Crippen molar-refractivity contribution in [3.8, 4) is 34.5 Å². The maximum atomic E-state index is 5.61. The molecule has 3 aliphatic rings. The summed E-state index contributed by atoms with van der Waals surface area (Å²) in [5, 5.41) is 1.23. The molecule has 10 heteroatoms. The van der Waals surface area contributed by atoms with Gasteiger partial charge in [0.05, 0.1) is 33.9 Å². The Hall–Kier alpha value is -5.58. The molecule has 0 atom stereocenters. The largest absolute Gasteiger partial charge is 0.490 e. The molecule has 0 aliphatic carbocycles. The van der Waals surface area contributed by atoms with Crippen LogP contribution in [0, 0.1) is 0 Å². The minimum atomic E-state index is 0.358. The van der Waals surface area contributed by atoms with Gasteiger partial charge in [-0.1, -0.05) is 144 Å². The van der Waals surface area contributed by atoms with Crippen molar-refractivity contribution in [1.82, 2.24) is 9.97 Å². The first-order valence-corrected chi connectivity index (χ1v) is 25.9. The van der Waals surface area contributed by atoms with Gasteiger partial charge in [-0.25, -0.2) is 4.98 Å². The van der Waals surface area contributed by atoms with E-state index in [2.05, 4.69) is 166 Å². The van der Waals surface area contributed by atoms with E-state index in [1.54, 1.807) is 22.7 Å². The summed E-state index contributed by atoms with van der Waals surface area (Å²) in [5.74, 6) is 8.73. The normalized spacial score (nSPS) is 13.0. The average Bonchev–Trinajstić information content (AvgIpc) is 4.12. The SMILES string of the molecule is CC(C)c1ccc2c(c1)OCCCO2.CC(C)c1ccc2c(c1)OCCO2.CC(C)c1ccc2c(c1)OCO2.CC(C)c1ccccc1.CC(C)c1cncs1.CC(C)c1nc2ccccc2s1. The topological polar surface area (TPSA) is 81.2 Å². The highest BCUT2D eigenvalue weighted by Gasteiger charge is 2.15. The molecule has 7 aromatic rings. The van der Waals surface area contributed by atoms with E-state index >= 15 is 0 Å². The van der Waals surface area contributed by atoms with Crippen molar-refractivity contribution in [3.63, 3.8) is 0 Å². The highest BCUT2D eigenvalue weighted by Crippen LogP contribution is 2.36. The Balaban J connectivity index is 0.000000154. The summed E-state index contributed by atoms with van der Waals surface area (Å²) >= 11 is 3.51. The molecule has 3 aliphatic heterocycles. The van der Waals surface area contributed by atoms with Crippen LogP contribution in [-0.4, -0.2) is 43.2 Å². The first-order valence-electron chi connectivity index (χ1n) is 24.2. The van der Waals surface area contributed by atoms with E-state index in [-0.39, 0.29) is 0 Å². The van der Waals surface area contributed by atoms with Crippen LogP contribution >= 0.6 is 22.7 Å². The molecule has 5 heterocycles. The zero-order valence-corrected chi connectivity index (χ0v) is 44.0. The van der Waals surface area contributed by atoms with Gasteiger partial charge >= 0.3 is 0 Å². The lowest BCUT2D eigenvalue weighted by atomic mass is 10.0. The number of nitrogens with zero attached hydrogens (tertiary/aromatic N) is 2. The Morgan fingerprint density at radius 1 is 0.426 bits per heavy atom. The van der Waals surface area contributed by atoms with E-state index in [1.165, 1.54) is 36.8 Å². The summed E-state index contributed by atoms with van der Waals surface area (Å²) in [6.45, 7) is 29.3. The van der Waals surface area contributed by atoms with Crippen molar-refractivity contribution in [2.45, 2.75) is 125 Å². The summed E-state index contributed by atoms with van der Waals surface area (Å²) in [6, 6.07) is 37.3. The molecule has 0 saturated heterocycles. The number of ether oxygens (including phenoxy) is 6. The molecule has 0 bridgehead atoms. The van der Waals surface area contributed by atoms with E-state index in [9.17, 15) is 0 Å². The van der Waals surface area contributed by atoms with Crippen LogP contribution in [-0.2, 0) is 0 Å². The molecule has 0 saturated carbocycles. The Morgan fingerprint density at radius 2 is 0.882 bits per heavy atom. The predicted octanol–water partition coefficient (Wildman–Crippen LogP) is 16.6. The molecule has 364 valence electrons. The maximum Gasteiger partial charge on any atom is 0.231 e. The highest BCUT2D eigenvalue weighted by atomic mass is 32.1. The van der Waals surface area contributed by atoms with Gasteiger partial charge in [0.15, 0.2) is 34.5 Å². The summed E-state index contributed by atoms with van der Waals surface area (Å²) < 4.78 is 33.9. The molecule has 0 N–H and O–H groups in total. The van der Waals surface area contributed by atoms with Gasteiger partial charge in [0.1, 0.15) is 13.2 Å². The highest BCUT2D eigenvalue weighted by molar-refractivity contribution is 7.18. The smallest absolute Gasteiger partial charge is 0.231 e. The summed E-state index contributed by atoms with van der Waals surface area (Å²) in [7, 11) is 0. The molecular weight excluding hydrogens is 885 g/mol. The third kappa shape index (κ3) is 16.9. The van der Waals surface area contributed by atoms with Gasteiger partial charge in [-0.3, -0.25) is 4.98 Å². The lowest BCUT2D eigenvalue weighted by molar-refractivity contribution is 0.171. The van der Waals surface area contributed by atoms with Crippen LogP contribution in [0.15, 0.2) is 121 Å². The van der Waals surface area contributed by atoms with Crippen LogP contribution < -0.4 is 28.4 Å². The van der Waals surface area contributed by atoms with Gasteiger partial charge in [0.25, 0.3) is 0 Å². The lowest BCUT2D eigenvalue weighted by Gasteiger charge is -2.19. The number of thiazole rings is 2. The quantitative estimate of drug-likeness (QED) is 0.163. The van der Waals surface area contributed by atoms with Crippen molar-refractivity contribution < 1.29 is 28.4 Å².